The number of halogens is 1. The van der Waals surface area contributed by atoms with Crippen molar-refractivity contribution in [2.75, 3.05) is 25.5 Å². The summed E-state index contributed by atoms with van der Waals surface area (Å²) in [4.78, 5) is 24.2. The number of nitrogens with one attached hydrogen (secondary N) is 1. The first-order valence-electron chi connectivity index (χ1n) is 9.50. The molecule has 1 aliphatic heterocycles. The smallest absolute Gasteiger partial charge is 0.337 e. The van der Waals surface area contributed by atoms with Crippen LogP contribution in [-0.2, 0) is 25.3 Å². The molecule has 0 unspecified atom stereocenters. The third-order valence-corrected chi connectivity index (χ3v) is 7.05. The molecule has 0 aromatic heterocycles. The Kier molecular flexibility index (Phi) is 7.12. The van der Waals surface area contributed by atoms with Crippen LogP contribution in [0.15, 0.2) is 48.5 Å². The summed E-state index contributed by atoms with van der Waals surface area (Å²) in [5.74, 6) is -1.28. The molecular weight excluding hydrogens is 428 g/mol. The maximum atomic E-state index is 12.8. The van der Waals surface area contributed by atoms with E-state index in [-0.39, 0.29) is 18.2 Å². The van der Waals surface area contributed by atoms with Gasteiger partial charge in [0.15, 0.2) is 0 Å². The molecule has 0 bridgehead atoms. The van der Waals surface area contributed by atoms with Gasteiger partial charge in [-0.25, -0.2) is 17.5 Å². The first-order valence-corrected chi connectivity index (χ1v) is 11.5. The van der Waals surface area contributed by atoms with E-state index in [0.29, 0.717) is 41.2 Å². The van der Waals surface area contributed by atoms with Crippen molar-refractivity contribution in [2.45, 2.75) is 18.6 Å². The van der Waals surface area contributed by atoms with Gasteiger partial charge in [0.1, 0.15) is 0 Å². The average molecular weight is 451 g/mol. The molecule has 1 saturated heterocycles. The number of nitrogens with zero attached hydrogens (tertiary/aromatic N) is 1. The van der Waals surface area contributed by atoms with Gasteiger partial charge in [-0.1, -0.05) is 23.7 Å². The fraction of sp³-hybridized carbons (Fsp3) is 0.333. The van der Waals surface area contributed by atoms with Gasteiger partial charge in [0.05, 0.1) is 24.3 Å². The molecule has 7 nitrogen and oxygen atoms in total. The number of esters is 1. The highest BCUT2D eigenvalue weighted by atomic mass is 35.5. The van der Waals surface area contributed by atoms with E-state index in [9.17, 15) is 18.0 Å². The number of rotatable bonds is 6. The van der Waals surface area contributed by atoms with Crippen LogP contribution in [0.5, 0.6) is 0 Å². The number of amides is 1. The number of carbonyl (C=O) groups is 2. The fourth-order valence-electron chi connectivity index (χ4n) is 3.34. The number of methoxy groups -OCH3 is 1. The van der Waals surface area contributed by atoms with E-state index >= 15 is 0 Å². The summed E-state index contributed by atoms with van der Waals surface area (Å²) in [6, 6.07) is 13.0. The molecule has 2 aromatic carbocycles. The van der Waals surface area contributed by atoms with E-state index in [4.69, 9.17) is 11.6 Å². The molecule has 1 aliphatic rings. The van der Waals surface area contributed by atoms with Crippen LogP contribution in [0, 0.1) is 5.92 Å². The van der Waals surface area contributed by atoms with Crippen LogP contribution in [0.25, 0.3) is 0 Å². The van der Waals surface area contributed by atoms with Gasteiger partial charge in [0, 0.05) is 23.8 Å². The number of hydrogen-bond acceptors (Lipinski definition) is 5. The maximum Gasteiger partial charge on any atom is 0.337 e. The molecule has 2 aromatic rings. The Bertz CT molecular complexity index is 1010. The fourth-order valence-corrected chi connectivity index (χ4v) is 5.08. The molecule has 0 aliphatic carbocycles. The van der Waals surface area contributed by atoms with Crippen molar-refractivity contribution in [2.24, 2.45) is 5.92 Å². The van der Waals surface area contributed by atoms with Gasteiger partial charge in [0.25, 0.3) is 0 Å². The summed E-state index contributed by atoms with van der Waals surface area (Å²) < 4.78 is 31.7. The third kappa shape index (κ3) is 5.59. The van der Waals surface area contributed by atoms with Gasteiger partial charge in [-0.2, -0.15) is 0 Å². The molecule has 160 valence electrons. The summed E-state index contributed by atoms with van der Waals surface area (Å²) >= 11 is 5.86. The molecule has 30 heavy (non-hydrogen) atoms. The zero-order valence-electron chi connectivity index (χ0n) is 16.5. The topological polar surface area (TPSA) is 92.8 Å². The van der Waals surface area contributed by atoms with Gasteiger partial charge in [-0.05, 0) is 54.8 Å². The molecule has 1 atom stereocenters. The van der Waals surface area contributed by atoms with E-state index in [1.165, 1.54) is 11.4 Å². The highest BCUT2D eigenvalue weighted by Gasteiger charge is 2.32. The number of anilines is 1. The predicted molar refractivity (Wildman–Crippen MR) is 115 cm³/mol. The van der Waals surface area contributed by atoms with Crippen LogP contribution in [0.4, 0.5) is 5.69 Å². The number of ether oxygens (including phenoxy) is 1. The number of hydrogen-bond donors (Lipinski definition) is 1. The van der Waals surface area contributed by atoms with Crippen LogP contribution in [0.2, 0.25) is 5.02 Å². The van der Waals surface area contributed by atoms with Crippen LogP contribution < -0.4 is 5.32 Å². The molecule has 0 saturated carbocycles. The molecular formula is C21H23ClN2O5S. The van der Waals surface area contributed by atoms with Crippen molar-refractivity contribution in [1.82, 2.24) is 4.31 Å². The van der Waals surface area contributed by atoms with E-state index in [2.05, 4.69) is 10.1 Å². The highest BCUT2D eigenvalue weighted by Crippen LogP contribution is 2.23. The lowest BCUT2D eigenvalue weighted by molar-refractivity contribution is -0.120. The first-order chi connectivity index (χ1) is 14.3. The largest absolute Gasteiger partial charge is 0.465 e. The van der Waals surface area contributed by atoms with Crippen LogP contribution >= 0.6 is 11.6 Å². The minimum absolute atomic E-state index is 0.131. The third-order valence-electron chi connectivity index (χ3n) is 4.98. The molecule has 1 N–H and O–H groups in total. The minimum atomic E-state index is -3.55. The van der Waals surface area contributed by atoms with Crippen molar-refractivity contribution >= 4 is 39.2 Å². The highest BCUT2D eigenvalue weighted by molar-refractivity contribution is 7.88. The zero-order chi connectivity index (χ0) is 21.7. The lowest BCUT2D eigenvalue weighted by Gasteiger charge is -2.31. The molecule has 0 radical (unpaired) electrons. The normalized spacial score (nSPS) is 17.3. The Morgan fingerprint density at radius 3 is 2.43 bits per heavy atom. The van der Waals surface area contributed by atoms with Gasteiger partial charge < -0.3 is 10.1 Å². The first kappa shape index (κ1) is 22.3. The molecule has 3 rings (SSSR count). The predicted octanol–water partition coefficient (Wildman–Crippen LogP) is 3.31. The second-order valence-corrected chi connectivity index (χ2v) is 9.54. The van der Waals surface area contributed by atoms with Crippen LogP contribution in [0.3, 0.4) is 0 Å². The molecule has 9 heteroatoms. The van der Waals surface area contributed by atoms with Crippen molar-refractivity contribution in [1.29, 1.82) is 0 Å². The second kappa shape index (κ2) is 9.59. The zero-order valence-corrected chi connectivity index (χ0v) is 18.1. The summed E-state index contributed by atoms with van der Waals surface area (Å²) in [5, 5.41) is 3.34. The van der Waals surface area contributed by atoms with Crippen molar-refractivity contribution in [3.63, 3.8) is 0 Å². The quantitative estimate of drug-likeness (QED) is 0.681. The van der Waals surface area contributed by atoms with Crippen molar-refractivity contribution < 1.29 is 22.7 Å². The summed E-state index contributed by atoms with van der Waals surface area (Å²) in [7, 11) is -2.25. The lowest BCUT2D eigenvalue weighted by Crippen LogP contribution is -2.44. The number of carbonyl (C=O) groups excluding carboxylic acids is 2. The SMILES string of the molecule is COC(=O)c1ccc(NC(=O)[C@H]2CCCN(S(=O)(=O)Cc3ccc(Cl)cc3)C2)cc1. The second-order valence-electron chi connectivity index (χ2n) is 7.14. The Morgan fingerprint density at radius 2 is 1.80 bits per heavy atom. The van der Waals surface area contributed by atoms with E-state index in [0.717, 1.165) is 0 Å². The minimum Gasteiger partial charge on any atom is -0.465 e. The number of benzene rings is 2. The standard InChI is InChI=1S/C21H23ClN2O5S/c1-29-21(26)16-6-10-19(11-7-16)23-20(25)17-3-2-12-24(13-17)30(27,28)14-15-4-8-18(22)9-5-15/h4-11,17H,2-3,12-14H2,1H3,(H,23,25)/t17-/m0/s1. The molecule has 0 spiro atoms. The summed E-state index contributed by atoms with van der Waals surface area (Å²) in [6.45, 7) is 0.537. The average Bonchev–Trinajstić information content (AvgIpc) is 2.75. The summed E-state index contributed by atoms with van der Waals surface area (Å²) in [6.07, 6.45) is 1.22. The Hall–Kier alpha value is -2.42. The molecule has 1 amide bonds. The summed E-state index contributed by atoms with van der Waals surface area (Å²) in [5.41, 5.74) is 1.57. The van der Waals surface area contributed by atoms with E-state index < -0.39 is 21.9 Å². The lowest BCUT2D eigenvalue weighted by atomic mass is 9.98. The van der Waals surface area contributed by atoms with Gasteiger partial charge in [-0.15, -0.1) is 0 Å². The van der Waals surface area contributed by atoms with Crippen LogP contribution in [0.1, 0.15) is 28.8 Å². The Balaban J connectivity index is 1.62. The Labute approximate surface area is 181 Å². The van der Waals surface area contributed by atoms with Gasteiger partial charge >= 0.3 is 5.97 Å². The van der Waals surface area contributed by atoms with Crippen molar-refractivity contribution in [3.05, 3.63) is 64.7 Å². The number of sulfonamides is 1. The monoisotopic (exact) mass is 450 g/mol. The molecule has 1 fully saturated rings. The molecule has 1 heterocycles. The van der Waals surface area contributed by atoms with E-state index in [1.807, 2.05) is 0 Å². The maximum absolute atomic E-state index is 12.8. The van der Waals surface area contributed by atoms with Crippen LogP contribution in [-0.4, -0.2) is 44.8 Å². The van der Waals surface area contributed by atoms with Crippen molar-refractivity contribution in [3.8, 4) is 0 Å². The van der Waals surface area contributed by atoms with E-state index in [1.54, 1.807) is 48.5 Å². The van der Waals surface area contributed by atoms with Gasteiger partial charge in [0.2, 0.25) is 15.9 Å². The number of piperidine rings is 1. The van der Waals surface area contributed by atoms with Gasteiger partial charge in [-0.3, -0.25) is 4.79 Å². The Morgan fingerprint density at radius 1 is 1.13 bits per heavy atom.